The average Bonchev–Trinajstić information content (AvgIpc) is 2.59. The number of hydrogen-bond acceptors (Lipinski definition) is 2. The number of carbonyl (C=O) groups excluding carboxylic acids is 1. The number of rotatable bonds is 3. The van der Waals surface area contributed by atoms with Crippen molar-refractivity contribution in [1.82, 2.24) is 9.80 Å². The van der Waals surface area contributed by atoms with Crippen molar-refractivity contribution in [3.8, 4) is 0 Å². The van der Waals surface area contributed by atoms with Gasteiger partial charge in [0.25, 0.3) is 0 Å². The first-order valence-electron chi connectivity index (χ1n) is 10.5. The summed E-state index contributed by atoms with van der Waals surface area (Å²) in [6.07, 6.45) is 11.0. The van der Waals surface area contributed by atoms with Gasteiger partial charge in [0.1, 0.15) is 0 Å². The van der Waals surface area contributed by atoms with Crippen LogP contribution in [0.3, 0.4) is 0 Å². The van der Waals surface area contributed by atoms with Crippen LogP contribution in [0.15, 0.2) is 0 Å². The molecule has 2 saturated heterocycles. The van der Waals surface area contributed by atoms with Crippen LogP contribution in [0.25, 0.3) is 0 Å². The third kappa shape index (κ3) is 4.33. The van der Waals surface area contributed by atoms with Crippen molar-refractivity contribution in [3.63, 3.8) is 0 Å². The number of hydrogen-bond donors (Lipinski definition) is 0. The van der Waals surface area contributed by atoms with Gasteiger partial charge in [0.15, 0.2) is 0 Å². The maximum Gasteiger partial charge on any atom is 0.225 e. The molecule has 3 heteroatoms. The molecule has 0 bridgehead atoms. The van der Waals surface area contributed by atoms with E-state index in [0.29, 0.717) is 11.3 Å². The third-order valence-corrected chi connectivity index (χ3v) is 7.19. The van der Waals surface area contributed by atoms with Crippen LogP contribution in [-0.4, -0.2) is 48.4 Å². The summed E-state index contributed by atoms with van der Waals surface area (Å²) in [7, 11) is 0. The molecule has 24 heavy (non-hydrogen) atoms. The summed E-state index contributed by atoms with van der Waals surface area (Å²) in [6, 6.07) is 0. The van der Waals surface area contributed by atoms with Crippen LogP contribution in [0.4, 0.5) is 0 Å². The molecule has 3 rings (SSSR count). The van der Waals surface area contributed by atoms with E-state index in [1.54, 1.807) is 0 Å². The summed E-state index contributed by atoms with van der Waals surface area (Å²) < 4.78 is 0. The summed E-state index contributed by atoms with van der Waals surface area (Å²) in [5.74, 6) is 2.38. The minimum Gasteiger partial charge on any atom is -0.342 e. The Labute approximate surface area is 149 Å². The molecule has 0 radical (unpaired) electrons. The fourth-order valence-corrected chi connectivity index (χ4v) is 5.15. The largest absolute Gasteiger partial charge is 0.342 e. The molecular formula is C21H38N2O. The van der Waals surface area contributed by atoms with Gasteiger partial charge in [-0.2, -0.15) is 0 Å². The van der Waals surface area contributed by atoms with Crippen molar-refractivity contribution >= 4 is 5.91 Å². The van der Waals surface area contributed by atoms with Gasteiger partial charge in [0.2, 0.25) is 5.91 Å². The number of amides is 1. The maximum absolute atomic E-state index is 12.2. The smallest absolute Gasteiger partial charge is 0.225 e. The van der Waals surface area contributed by atoms with Crippen molar-refractivity contribution < 1.29 is 4.79 Å². The van der Waals surface area contributed by atoms with Crippen LogP contribution in [0.5, 0.6) is 0 Å². The van der Waals surface area contributed by atoms with Gasteiger partial charge < -0.3 is 9.80 Å². The van der Waals surface area contributed by atoms with Crippen molar-refractivity contribution in [2.24, 2.45) is 23.2 Å². The second-order valence-electron chi connectivity index (χ2n) is 9.41. The molecule has 0 N–H and O–H groups in total. The molecule has 2 heterocycles. The van der Waals surface area contributed by atoms with Gasteiger partial charge in [-0.3, -0.25) is 4.79 Å². The van der Waals surface area contributed by atoms with Gasteiger partial charge in [0, 0.05) is 25.6 Å². The molecule has 2 aliphatic heterocycles. The van der Waals surface area contributed by atoms with E-state index in [0.717, 1.165) is 24.9 Å². The Morgan fingerprint density at radius 2 is 1.54 bits per heavy atom. The van der Waals surface area contributed by atoms with E-state index in [1.165, 1.54) is 71.0 Å². The average molecular weight is 335 g/mol. The summed E-state index contributed by atoms with van der Waals surface area (Å²) >= 11 is 0. The molecule has 0 atom stereocenters. The molecule has 0 aromatic carbocycles. The Kier molecular flexibility index (Phi) is 5.89. The van der Waals surface area contributed by atoms with Gasteiger partial charge in [0.05, 0.1) is 0 Å². The highest BCUT2D eigenvalue weighted by Gasteiger charge is 2.39. The first-order chi connectivity index (χ1) is 11.5. The van der Waals surface area contributed by atoms with E-state index in [9.17, 15) is 4.79 Å². The quantitative estimate of drug-likeness (QED) is 0.773. The van der Waals surface area contributed by atoms with E-state index >= 15 is 0 Å². The molecule has 138 valence electrons. The zero-order valence-corrected chi connectivity index (χ0v) is 16.2. The third-order valence-electron chi connectivity index (χ3n) is 7.19. The number of nitrogens with zero attached hydrogens (tertiary/aromatic N) is 2. The lowest BCUT2D eigenvalue weighted by Gasteiger charge is -2.47. The predicted octanol–water partition coefficient (Wildman–Crippen LogP) is 4.17. The summed E-state index contributed by atoms with van der Waals surface area (Å²) in [5.41, 5.74) is 0.570. The fraction of sp³-hybridized carbons (Fsp3) is 0.952. The van der Waals surface area contributed by atoms with E-state index in [1.807, 2.05) is 13.8 Å². The zero-order chi connectivity index (χ0) is 17.2. The van der Waals surface area contributed by atoms with Crippen LogP contribution < -0.4 is 0 Å². The minimum absolute atomic E-state index is 0.155. The lowest BCUT2D eigenvalue weighted by Crippen LogP contribution is -2.46. The van der Waals surface area contributed by atoms with E-state index in [2.05, 4.69) is 16.7 Å². The second kappa shape index (κ2) is 7.76. The van der Waals surface area contributed by atoms with Gasteiger partial charge >= 0.3 is 0 Å². The Morgan fingerprint density at radius 1 is 0.958 bits per heavy atom. The van der Waals surface area contributed by atoms with Crippen LogP contribution >= 0.6 is 0 Å². The normalized spacial score (nSPS) is 27.1. The Bertz CT molecular complexity index is 408. The molecule has 0 aromatic heterocycles. The summed E-state index contributed by atoms with van der Waals surface area (Å²) in [4.78, 5) is 17.0. The predicted molar refractivity (Wildman–Crippen MR) is 99.9 cm³/mol. The molecule has 1 aliphatic carbocycles. The summed E-state index contributed by atoms with van der Waals surface area (Å²) in [5, 5.41) is 0. The first kappa shape index (κ1) is 18.2. The van der Waals surface area contributed by atoms with Gasteiger partial charge in [-0.1, -0.05) is 20.8 Å². The SMILES string of the molecule is CC1CCN(CC2CCC3(CC2)CCN(C(=O)C(C)C)CC3)CC1. The lowest BCUT2D eigenvalue weighted by molar-refractivity contribution is -0.137. The lowest BCUT2D eigenvalue weighted by atomic mass is 9.65. The van der Waals surface area contributed by atoms with Crippen LogP contribution in [0.1, 0.15) is 72.1 Å². The Hall–Kier alpha value is -0.570. The van der Waals surface area contributed by atoms with Crippen molar-refractivity contribution in [2.45, 2.75) is 72.1 Å². The van der Waals surface area contributed by atoms with Gasteiger partial charge in [-0.15, -0.1) is 0 Å². The van der Waals surface area contributed by atoms with Gasteiger partial charge in [-0.05, 0) is 81.7 Å². The molecule has 0 aromatic rings. The molecule has 3 aliphatic rings. The Morgan fingerprint density at radius 3 is 2.08 bits per heavy atom. The minimum atomic E-state index is 0.155. The second-order valence-corrected chi connectivity index (χ2v) is 9.41. The van der Waals surface area contributed by atoms with Crippen molar-refractivity contribution in [1.29, 1.82) is 0 Å². The van der Waals surface area contributed by atoms with Crippen molar-refractivity contribution in [3.05, 3.63) is 0 Å². The monoisotopic (exact) mass is 334 g/mol. The standard InChI is InChI=1S/C21H38N2O/c1-17(2)20(24)23-14-10-21(11-15-23)8-4-19(5-9-21)16-22-12-6-18(3)7-13-22/h17-19H,4-16H2,1-3H3. The van der Waals surface area contributed by atoms with Crippen LogP contribution in [0, 0.1) is 23.2 Å². The maximum atomic E-state index is 12.2. The number of likely N-dealkylation sites (tertiary alicyclic amines) is 2. The topological polar surface area (TPSA) is 23.6 Å². The van der Waals surface area contributed by atoms with Gasteiger partial charge in [-0.25, -0.2) is 0 Å². The first-order valence-corrected chi connectivity index (χ1v) is 10.5. The highest BCUT2D eigenvalue weighted by Crippen LogP contribution is 2.46. The molecule has 1 amide bonds. The van der Waals surface area contributed by atoms with Crippen LogP contribution in [0.2, 0.25) is 0 Å². The molecule has 3 nitrogen and oxygen atoms in total. The fourth-order valence-electron chi connectivity index (χ4n) is 5.15. The zero-order valence-electron chi connectivity index (χ0n) is 16.2. The molecule has 1 saturated carbocycles. The molecule has 3 fully saturated rings. The molecule has 0 unspecified atom stereocenters. The number of piperidine rings is 2. The highest BCUT2D eigenvalue weighted by molar-refractivity contribution is 5.78. The molecular weight excluding hydrogens is 296 g/mol. The number of carbonyl (C=O) groups is 1. The van der Waals surface area contributed by atoms with E-state index in [4.69, 9.17) is 0 Å². The summed E-state index contributed by atoms with van der Waals surface area (Å²) in [6.45, 7) is 12.5. The van der Waals surface area contributed by atoms with E-state index in [-0.39, 0.29) is 5.92 Å². The van der Waals surface area contributed by atoms with Crippen molar-refractivity contribution in [2.75, 3.05) is 32.7 Å². The van der Waals surface area contributed by atoms with Crippen LogP contribution in [-0.2, 0) is 4.79 Å². The molecule has 1 spiro atoms. The highest BCUT2D eigenvalue weighted by atomic mass is 16.2. The van der Waals surface area contributed by atoms with E-state index < -0.39 is 0 Å². The Balaban J connectivity index is 1.41.